The summed E-state index contributed by atoms with van der Waals surface area (Å²) in [4.78, 5) is 22.1. The lowest BCUT2D eigenvalue weighted by molar-refractivity contribution is 0.0934. The third-order valence-electron chi connectivity index (χ3n) is 4.85. The van der Waals surface area contributed by atoms with E-state index in [1.165, 1.54) is 12.1 Å². The third kappa shape index (κ3) is 4.79. The predicted molar refractivity (Wildman–Crippen MR) is 122 cm³/mol. The van der Waals surface area contributed by atoms with Gasteiger partial charge in [0.2, 0.25) is 0 Å². The van der Waals surface area contributed by atoms with Crippen molar-refractivity contribution in [1.29, 1.82) is 0 Å². The number of amides is 1. The van der Waals surface area contributed by atoms with Gasteiger partial charge in [-0.05, 0) is 42.8 Å². The molecule has 0 spiro atoms. The number of nitrogens with one attached hydrogen (secondary N) is 1. The predicted octanol–water partition coefficient (Wildman–Crippen LogP) is 5.48. The Kier molecular flexibility index (Phi) is 6.21. The number of aromatic nitrogens is 4. The highest BCUT2D eigenvalue weighted by molar-refractivity contribution is 6.31. The molecule has 0 aliphatic heterocycles. The van der Waals surface area contributed by atoms with Crippen LogP contribution in [0.2, 0.25) is 10.0 Å². The first-order chi connectivity index (χ1) is 15.3. The van der Waals surface area contributed by atoms with Crippen molar-refractivity contribution in [2.24, 2.45) is 7.05 Å². The minimum atomic E-state index is -0.545. The van der Waals surface area contributed by atoms with Gasteiger partial charge in [0.15, 0.2) is 5.82 Å². The van der Waals surface area contributed by atoms with Crippen LogP contribution in [0.4, 0.5) is 4.39 Å². The molecular formula is C23H18Cl2FN5O. The van der Waals surface area contributed by atoms with Crippen LogP contribution in [0.1, 0.15) is 29.0 Å². The van der Waals surface area contributed by atoms with Gasteiger partial charge in [-0.2, -0.15) is 5.10 Å². The quantitative estimate of drug-likeness (QED) is 0.419. The average Bonchev–Trinajstić information content (AvgIpc) is 3.22. The second-order valence-electron chi connectivity index (χ2n) is 7.24. The molecular weight excluding hydrogens is 452 g/mol. The number of halogens is 3. The molecule has 0 unspecified atom stereocenters. The molecule has 6 nitrogen and oxygen atoms in total. The minimum Gasteiger partial charge on any atom is -0.344 e. The molecule has 2 aromatic heterocycles. The van der Waals surface area contributed by atoms with E-state index >= 15 is 0 Å². The highest BCUT2D eigenvalue weighted by Gasteiger charge is 2.18. The maximum atomic E-state index is 13.8. The summed E-state index contributed by atoms with van der Waals surface area (Å²) < 4.78 is 15.5. The van der Waals surface area contributed by atoms with Gasteiger partial charge in [-0.25, -0.2) is 14.4 Å². The van der Waals surface area contributed by atoms with Crippen LogP contribution in [0.15, 0.2) is 60.9 Å². The van der Waals surface area contributed by atoms with Gasteiger partial charge in [0.05, 0.1) is 28.5 Å². The second kappa shape index (κ2) is 9.06. The van der Waals surface area contributed by atoms with Crippen LogP contribution in [-0.4, -0.2) is 25.7 Å². The van der Waals surface area contributed by atoms with Gasteiger partial charge in [-0.3, -0.25) is 9.48 Å². The van der Waals surface area contributed by atoms with Crippen molar-refractivity contribution in [1.82, 2.24) is 25.1 Å². The molecule has 2 aromatic carbocycles. The van der Waals surface area contributed by atoms with E-state index in [1.807, 2.05) is 12.1 Å². The summed E-state index contributed by atoms with van der Waals surface area (Å²) in [5.74, 6) is -0.604. The largest absolute Gasteiger partial charge is 0.344 e. The molecule has 0 saturated carbocycles. The average molecular weight is 470 g/mol. The van der Waals surface area contributed by atoms with E-state index in [1.54, 1.807) is 55.3 Å². The maximum Gasteiger partial charge on any atom is 0.270 e. The minimum absolute atomic E-state index is 0.0248. The van der Waals surface area contributed by atoms with Gasteiger partial charge in [0.1, 0.15) is 11.5 Å². The number of nitrogens with zero attached hydrogens (tertiary/aromatic N) is 4. The van der Waals surface area contributed by atoms with Gasteiger partial charge < -0.3 is 5.32 Å². The Morgan fingerprint density at radius 1 is 1.06 bits per heavy atom. The number of rotatable bonds is 5. The van der Waals surface area contributed by atoms with Gasteiger partial charge in [-0.1, -0.05) is 41.4 Å². The highest BCUT2D eigenvalue weighted by atomic mass is 35.5. The molecule has 4 aromatic rings. The van der Waals surface area contributed by atoms with Gasteiger partial charge in [0, 0.05) is 23.8 Å². The number of carbonyl (C=O) groups excluding carboxylic acids is 1. The molecule has 1 amide bonds. The molecule has 0 radical (unpaired) electrons. The van der Waals surface area contributed by atoms with E-state index < -0.39 is 17.8 Å². The van der Waals surface area contributed by atoms with Crippen molar-refractivity contribution in [2.75, 3.05) is 0 Å². The first-order valence-corrected chi connectivity index (χ1v) is 10.5. The lowest BCUT2D eigenvalue weighted by Crippen LogP contribution is -2.27. The summed E-state index contributed by atoms with van der Waals surface area (Å²) in [5, 5.41) is 7.63. The Balaban J connectivity index is 1.69. The van der Waals surface area contributed by atoms with Crippen LogP contribution in [0, 0.1) is 5.82 Å². The zero-order valence-corrected chi connectivity index (χ0v) is 18.7. The topological polar surface area (TPSA) is 72.7 Å². The van der Waals surface area contributed by atoms with Crippen molar-refractivity contribution in [2.45, 2.75) is 13.0 Å². The first-order valence-electron chi connectivity index (χ1n) is 9.70. The fourth-order valence-electron chi connectivity index (χ4n) is 3.13. The summed E-state index contributed by atoms with van der Waals surface area (Å²) in [6.45, 7) is 1.75. The Bertz CT molecular complexity index is 1290. The molecule has 0 fully saturated rings. The molecule has 0 bridgehead atoms. The van der Waals surface area contributed by atoms with Crippen LogP contribution in [-0.2, 0) is 7.05 Å². The maximum absolute atomic E-state index is 13.8. The van der Waals surface area contributed by atoms with E-state index in [9.17, 15) is 9.18 Å². The first kappa shape index (κ1) is 21.9. The Hall–Kier alpha value is -3.29. The van der Waals surface area contributed by atoms with E-state index in [-0.39, 0.29) is 10.7 Å². The van der Waals surface area contributed by atoms with Crippen LogP contribution in [0.3, 0.4) is 0 Å². The number of hydrogen-bond acceptors (Lipinski definition) is 4. The standard InChI is InChI=1S/C23H18Cl2FN5O/c1-13(15-5-8-18(25)19(26)9-15)28-23(32)21-10-20(14-3-6-17(24)7-4-14)29-22(30-21)16-11-27-31(2)12-16/h3-13H,1-2H3,(H,28,32)/t13-/m0/s1. The lowest BCUT2D eigenvalue weighted by Gasteiger charge is -2.15. The molecule has 1 N–H and O–H groups in total. The van der Waals surface area contributed by atoms with E-state index in [2.05, 4.69) is 20.4 Å². The number of aryl methyl sites for hydroxylation is 1. The monoisotopic (exact) mass is 469 g/mol. The molecule has 0 saturated heterocycles. The normalized spacial score (nSPS) is 11.9. The van der Waals surface area contributed by atoms with Crippen molar-refractivity contribution < 1.29 is 9.18 Å². The van der Waals surface area contributed by atoms with Crippen molar-refractivity contribution >= 4 is 29.1 Å². The molecule has 2 heterocycles. The number of hydrogen-bond donors (Lipinski definition) is 1. The van der Waals surface area contributed by atoms with E-state index in [0.29, 0.717) is 27.7 Å². The Morgan fingerprint density at radius 3 is 2.47 bits per heavy atom. The fourth-order valence-corrected chi connectivity index (χ4v) is 3.38. The number of carbonyl (C=O) groups is 1. The molecule has 4 rings (SSSR count). The molecule has 0 aliphatic carbocycles. The Morgan fingerprint density at radius 2 is 1.81 bits per heavy atom. The molecule has 1 atom stereocenters. The summed E-state index contributed by atoms with van der Waals surface area (Å²) in [7, 11) is 1.78. The molecule has 162 valence electrons. The number of benzene rings is 2. The van der Waals surface area contributed by atoms with Gasteiger partial charge in [-0.15, -0.1) is 0 Å². The molecule has 32 heavy (non-hydrogen) atoms. The second-order valence-corrected chi connectivity index (χ2v) is 8.08. The summed E-state index contributed by atoms with van der Waals surface area (Å²) in [6.07, 6.45) is 3.39. The van der Waals surface area contributed by atoms with Crippen molar-refractivity contribution in [3.8, 4) is 22.6 Å². The summed E-state index contributed by atoms with van der Waals surface area (Å²) in [5.41, 5.74) is 2.77. The van der Waals surface area contributed by atoms with Crippen LogP contribution >= 0.6 is 23.2 Å². The van der Waals surface area contributed by atoms with Gasteiger partial charge in [0.25, 0.3) is 5.91 Å². The van der Waals surface area contributed by atoms with Crippen molar-refractivity contribution in [3.05, 3.63) is 88.0 Å². The summed E-state index contributed by atoms with van der Waals surface area (Å²) >= 11 is 11.8. The van der Waals surface area contributed by atoms with Gasteiger partial charge >= 0.3 is 0 Å². The van der Waals surface area contributed by atoms with E-state index in [4.69, 9.17) is 23.2 Å². The Labute approximate surface area is 194 Å². The third-order valence-corrected chi connectivity index (χ3v) is 5.41. The zero-order chi connectivity index (χ0) is 22.8. The highest BCUT2D eigenvalue weighted by Crippen LogP contribution is 2.25. The zero-order valence-electron chi connectivity index (χ0n) is 17.2. The van der Waals surface area contributed by atoms with Crippen LogP contribution in [0.5, 0.6) is 0 Å². The van der Waals surface area contributed by atoms with Crippen molar-refractivity contribution in [3.63, 3.8) is 0 Å². The fraction of sp³-hybridized carbons (Fsp3) is 0.130. The van der Waals surface area contributed by atoms with E-state index in [0.717, 1.165) is 5.56 Å². The smallest absolute Gasteiger partial charge is 0.270 e. The SMILES string of the molecule is C[C@H](NC(=O)c1cc(-c2ccc(Cl)cc2)nc(-c2cnn(C)c2)n1)c1ccc(Cl)c(F)c1. The molecule has 9 heteroatoms. The summed E-state index contributed by atoms with van der Waals surface area (Å²) in [6, 6.07) is 12.7. The molecule has 0 aliphatic rings. The lowest BCUT2D eigenvalue weighted by atomic mass is 10.1. The van der Waals surface area contributed by atoms with Crippen LogP contribution in [0.25, 0.3) is 22.6 Å². The van der Waals surface area contributed by atoms with Crippen LogP contribution < -0.4 is 5.32 Å².